The molecular formula is C27H28N2O4S. The topological polar surface area (TPSA) is 87.7 Å². The van der Waals surface area contributed by atoms with E-state index in [0.717, 1.165) is 28.8 Å². The van der Waals surface area contributed by atoms with E-state index >= 15 is 0 Å². The number of methoxy groups -OCH3 is 1. The van der Waals surface area contributed by atoms with Crippen LogP contribution in [0, 0.1) is 5.92 Å². The van der Waals surface area contributed by atoms with E-state index in [9.17, 15) is 13.5 Å². The highest BCUT2D eigenvalue weighted by atomic mass is 32.2. The Morgan fingerprint density at radius 1 is 1.09 bits per heavy atom. The van der Waals surface area contributed by atoms with Crippen LogP contribution in [0.1, 0.15) is 35.1 Å². The maximum Gasteiger partial charge on any atom is 0.240 e. The number of phenolic OH excluding ortho intramolecular Hbond substituents is 1. The zero-order valence-corrected chi connectivity index (χ0v) is 19.8. The molecule has 0 bridgehead atoms. The van der Waals surface area contributed by atoms with E-state index in [2.05, 4.69) is 22.2 Å². The first-order valence-electron chi connectivity index (χ1n) is 11.4. The number of phenols is 1. The average Bonchev–Trinajstić information content (AvgIpc) is 3.34. The number of sulfonamides is 1. The Balaban J connectivity index is 1.38. The van der Waals surface area contributed by atoms with Crippen molar-refractivity contribution in [3.8, 4) is 11.5 Å². The van der Waals surface area contributed by atoms with E-state index in [1.165, 1.54) is 7.11 Å². The summed E-state index contributed by atoms with van der Waals surface area (Å²) in [6.07, 6.45) is 5.83. The zero-order valence-electron chi connectivity index (χ0n) is 18.9. The fourth-order valence-corrected chi connectivity index (χ4v) is 6.09. The summed E-state index contributed by atoms with van der Waals surface area (Å²) in [4.78, 5) is 0.278. The first-order chi connectivity index (χ1) is 16.5. The molecule has 0 radical (unpaired) electrons. The summed E-state index contributed by atoms with van der Waals surface area (Å²) in [5.41, 5.74) is 3.96. The monoisotopic (exact) mass is 476 g/mol. The third-order valence-corrected chi connectivity index (χ3v) is 8.21. The van der Waals surface area contributed by atoms with Crippen molar-refractivity contribution in [3.05, 3.63) is 95.6 Å². The molecule has 0 saturated carbocycles. The second-order valence-electron chi connectivity index (χ2n) is 8.79. The standard InChI is InChI=1S/C27H28N2O4S/c1-33-26-13-10-19(16-25(26)30)27-22-9-5-8-21(22)23-17-20(11-12-24(23)29-27)34(31,32)28-15-14-18-6-3-2-4-7-18/h2-8,10-13,16-17,21-22,27-30H,9,14-15H2,1H3. The molecule has 2 aliphatic rings. The summed E-state index contributed by atoms with van der Waals surface area (Å²) in [5.74, 6) is 0.878. The van der Waals surface area contributed by atoms with Gasteiger partial charge in [0.1, 0.15) is 0 Å². The summed E-state index contributed by atoms with van der Waals surface area (Å²) in [7, 11) is -2.09. The minimum absolute atomic E-state index is 0.00393. The number of nitrogens with one attached hydrogen (secondary N) is 2. The minimum Gasteiger partial charge on any atom is -0.504 e. The summed E-state index contributed by atoms with van der Waals surface area (Å²) < 4.78 is 33.9. The fraction of sp³-hybridized carbons (Fsp3) is 0.259. The van der Waals surface area contributed by atoms with Gasteiger partial charge in [0, 0.05) is 18.2 Å². The molecule has 1 aliphatic carbocycles. The number of aromatic hydroxyl groups is 1. The molecule has 3 unspecified atom stereocenters. The Kier molecular flexibility index (Phi) is 6.06. The summed E-state index contributed by atoms with van der Waals surface area (Å²) in [6, 6.07) is 20.6. The van der Waals surface area contributed by atoms with Crippen molar-refractivity contribution in [1.29, 1.82) is 0 Å². The SMILES string of the molecule is COc1ccc(C2Nc3ccc(S(=O)(=O)NCCc4ccccc4)cc3C3C=CCC32)cc1O. The van der Waals surface area contributed by atoms with Gasteiger partial charge in [0.25, 0.3) is 0 Å². The molecule has 3 aromatic carbocycles. The average molecular weight is 477 g/mol. The van der Waals surface area contributed by atoms with Gasteiger partial charge in [-0.1, -0.05) is 48.6 Å². The molecule has 3 atom stereocenters. The Morgan fingerprint density at radius 3 is 2.68 bits per heavy atom. The second kappa shape index (κ2) is 9.16. The van der Waals surface area contributed by atoms with Crippen molar-refractivity contribution < 1.29 is 18.3 Å². The highest BCUT2D eigenvalue weighted by Crippen LogP contribution is 2.50. The molecule has 0 saturated heterocycles. The van der Waals surface area contributed by atoms with Gasteiger partial charge in [-0.3, -0.25) is 0 Å². The maximum atomic E-state index is 13.0. The Hall–Kier alpha value is -3.29. The number of benzene rings is 3. The Morgan fingerprint density at radius 2 is 1.91 bits per heavy atom. The first kappa shape index (κ1) is 22.5. The fourth-order valence-electron chi connectivity index (χ4n) is 5.03. The molecule has 34 heavy (non-hydrogen) atoms. The van der Waals surface area contributed by atoms with Gasteiger partial charge in [0.15, 0.2) is 11.5 Å². The number of rotatable bonds is 7. The van der Waals surface area contributed by atoms with Crippen LogP contribution in [0.25, 0.3) is 0 Å². The van der Waals surface area contributed by atoms with Crippen LogP contribution >= 0.6 is 0 Å². The number of ether oxygens (including phenoxy) is 1. The zero-order chi connectivity index (χ0) is 23.7. The van der Waals surface area contributed by atoms with Gasteiger partial charge < -0.3 is 15.2 Å². The first-order valence-corrected chi connectivity index (χ1v) is 12.9. The molecule has 176 valence electrons. The maximum absolute atomic E-state index is 13.0. The quantitative estimate of drug-likeness (QED) is 0.429. The van der Waals surface area contributed by atoms with Crippen molar-refractivity contribution in [1.82, 2.24) is 4.72 Å². The van der Waals surface area contributed by atoms with Crippen molar-refractivity contribution >= 4 is 15.7 Å². The number of allylic oxidation sites excluding steroid dienone is 2. The summed E-state index contributed by atoms with van der Waals surface area (Å²) in [6.45, 7) is 0.344. The van der Waals surface area contributed by atoms with Crippen LogP contribution < -0.4 is 14.8 Å². The van der Waals surface area contributed by atoms with Crippen molar-refractivity contribution in [2.45, 2.75) is 29.7 Å². The van der Waals surface area contributed by atoms with E-state index in [1.807, 2.05) is 42.5 Å². The smallest absolute Gasteiger partial charge is 0.240 e. The lowest BCUT2D eigenvalue weighted by Gasteiger charge is -2.37. The molecular weight excluding hydrogens is 448 g/mol. The highest BCUT2D eigenvalue weighted by molar-refractivity contribution is 7.89. The third-order valence-electron chi connectivity index (χ3n) is 6.76. The van der Waals surface area contributed by atoms with Gasteiger partial charge in [0.2, 0.25) is 10.0 Å². The number of hydrogen-bond donors (Lipinski definition) is 3. The van der Waals surface area contributed by atoms with Crippen LogP contribution in [0.3, 0.4) is 0 Å². The molecule has 6 nitrogen and oxygen atoms in total. The van der Waals surface area contributed by atoms with Gasteiger partial charge in [-0.15, -0.1) is 0 Å². The predicted octanol–water partition coefficient (Wildman–Crippen LogP) is 4.75. The Bertz CT molecular complexity index is 1320. The van der Waals surface area contributed by atoms with E-state index < -0.39 is 10.0 Å². The van der Waals surface area contributed by atoms with E-state index in [0.29, 0.717) is 18.7 Å². The molecule has 1 heterocycles. The lowest BCUT2D eigenvalue weighted by atomic mass is 9.77. The lowest BCUT2D eigenvalue weighted by Crippen LogP contribution is -2.30. The van der Waals surface area contributed by atoms with Gasteiger partial charge >= 0.3 is 0 Å². The molecule has 0 aromatic heterocycles. The molecule has 0 fully saturated rings. The second-order valence-corrected chi connectivity index (χ2v) is 10.6. The molecule has 3 aromatic rings. The summed E-state index contributed by atoms with van der Waals surface area (Å²) >= 11 is 0. The van der Waals surface area contributed by atoms with E-state index in [1.54, 1.807) is 24.3 Å². The van der Waals surface area contributed by atoms with Crippen molar-refractivity contribution in [2.75, 3.05) is 19.0 Å². The van der Waals surface area contributed by atoms with Gasteiger partial charge in [-0.25, -0.2) is 13.1 Å². The third kappa shape index (κ3) is 4.29. The van der Waals surface area contributed by atoms with Gasteiger partial charge in [-0.05, 0) is 65.8 Å². The normalized spacial score (nSPS) is 20.9. The molecule has 5 rings (SSSR count). The summed E-state index contributed by atoms with van der Waals surface area (Å²) in [5, 5.41) is 13.9. The van der Waals surface area contributed by atoms with Gasteiger partial charge in [0.05, 0.1) is 18.0 Å². The molecule has 7 heteroatoms. The number of hydrogen-bond acceptors (Lipinski definition) is 5. The van der Waals surface area contributed by atoms with E-state index in [4.69, 9.17) is 4.74 Å². The predicted molar refractivity (Wildman–Crippen MR) is 133 cm³/mol. The number of anilines is 1. The minimum atomic E-state index is -3.62. The van der Waals surface area contributed by atoms with Crippen LogP contribution in [-0.4, -0.2) is 27.2 Å². The Labute approximate surface area is 200 Å². The van der Waals surface area contributed by atoms with E-state index in [-0.39, 0.29) is 28.5 Å². The van der Waals surface area contributed by atoms with Crippen LogP contribution in [-0.2, 0) is 16.4 Å². The van der Waals surface area contributed by atoms with Gasteiger partial charge in [-0.2, -0.15) is 0 Å². The highest BCUT2D eigenvalue weighted by Gasteiger charge is 2.38. The van der Waals surface area contributed by atoms with Crippen molar-refractivity contribution in [2.24, 2.45) is 5.92 Å². The van der Waals surface area contributed by atoms with Crippen LogP contribution in [0.4, 0.5) is 5.69 Å². The van der Waals surface area contributed by atoms with Crippen LogP contribution in [0.5, 0.6) is 11.5 Å². The van der Waals surface area contributed by atoms with Crippen LogP contribution in [0.2, 0.25) is 0 Å². The lowest BCUT2D eigenvalue weighted by molar-refractivity contribution is 0.371. The molecule has 1 aliphatic heterocycles. The van der Waals surface area contributed by atoms with Crippen molar-refractivity contribution in [3.63, 3.8) is 0 Å². The largest absolute Gasteiger partial charge is 0.504 e. The number of fused-ring (bicyclic) bond motifs is 3. The molecule has 3 N–H and O–H groups in total. The molecule has 0 amide bonds. The van der Waals surface area contributed by atoms with Crippen LogP contribution in [0.15, 0.2) is 83.8 Å². The molecule has 0 spiro atoms.